The summed E-state index contributed by atoms with van der Waals surface area (Å²) in [4.78, 5) is 14.5. The molecule has 0 atom stereocenters. The first kappa shape index (κ1) is 16.0. The number of anilines is 2. The quantitative estimate of drug-likeness (QED) is 0.605. The second-order valence-corrected chi connectivity index (χ2v) is 6.10. The lowest BCUT2D eigenvalue weighted by atomic mass is 10.2. The lowest BCUT2D eigenvalue weighted by Crippen LogP contribution is -2.27. The van der Waals surface area contributed by atoms with Crippen LogP contribution in [0.2, 0.25) is 0 Å². The fraction of sp³-hybridized carbons (Fsp3) is 0.714. The van der Waals surface area contributed by atoms with E-state index in [-0.39, 0.29) is 5.91 Å². The Morgan fingerprint density at radius 1 is 1.43 bits per heavy atom. The fourth-order valence-corrected chi connectivity index (χ4v) is 2.91. The number of amides is 1. The molecule has 6 nitrogen and oxygen atoms in total. The van der Waals surface area contributed by atoms with Crippen LogP contribution in [0.5, 0.6) is 0 Å². The van der Waals surface area contributed by atoms with Crippen molar-refractivity contribution in [2.24, 2.45) is 0 Å². The maximum absolute atomic E-state index is 12.2. The number of hydrogen-bond donors (Lipinski definition) is 3. The molecule has 1 amide bonds. The molecule has 0 spiro atoms. The van der Waals surface area contributed by atoms with Gasteiger partial charge in [-0.2, -0.15) is 4.37 Å². The molecule has 21 heavy (non-hydrogen) atoms. The van der Waals surface area contributed by atoms with Crippen LogP contribution < -0.4 is 16.4 Å². The van der Waals surface area contributed by atoms with Crippen LogP contribution in [0.15, 0.2) is 0 Å². The molecule has 0 unspecified atom stereocenters. The molecule has 1 fully saturated rings. The molecule has 4 N–H and O–H groups in total. The maximum Gasteiger partial charge on any atom is 0.258 e. The largest absolute Gasteiger partial charge is 0.382 e. The summed E-state index contributed by atoms with van der Waals surface area (Å²) in [7, 11) is 0. The SMILES string of the molecule is CCN(CC)CCCNc1snc(N)c1C(=O)NC1CC1. The molecule has 1 saturated carbocycles. The van der Waals surface area contributed by atoms with Gasteiger partial charge in [0.25, 0.3) is 5.91 Å². The first-order chi connectivity index (χ1) is 10.2. The Kier molecular flexibility index (Phi) is 5.81. The Balaban J connectivity index is 1.84. The van der Waals surface area contributed by atoms with Crippen molar-refractivity contribution in [1.29, 1.82) is 0 Å². The highest BCUT2D eigenvalue weighted by molar-refractivity contribution is 7.11. The van der Waals surface area contributed by atoms with Crippen molar-refractivity contribution in [2.45, 2.75) is 39.2 Å². The predicted octanol–water partition coefficient (Wildman–Crippen LogP) is 1.76. The van der Waals surface area contributed by atoms with Crippen LogP contribution in [0.1, 0.15) is 43.5 Å². The van der Waals surface area contributed by atoms with E-state index in [4.69, 9.17) is 5.73 Å². The standard InChI is InChI=1S/C14H25N5OS/c1-3-19(4-2)9-5-8-16-14-11(12(15)18-21-14)13(20)17-10-6-7-10/h10,16H,3-9H2,1-2H3,(H2,15,18)(H,17,20). The first-order valence-electron chi connectivity index (χ1n) is 7.67. The number of nitrogen functional groups attached to an aromatic ring is 1. The van der Waals surface area contributed by atoms with Gasteiger partial charge in [0.05, 0.1) is 0 Å². The highest BCUT2D eigenvalue weighted by Gasteiger charge is 2.27. The molecule has 0 bridgehead atoms. The Morgan fingerprint density at radius 2 is 2.14 bits per heavy atom. The Hall–Kier alpha value is -1.34. The summed E-state index contributed by atoms with van der Waals surface area (Å²) in [5.74, 6) is 0.222. The average Bonchev–Trinajstić information content (AvgIpc) is 3.20. The first-order valence-corrected chi connectivity index (χ1v) is 8.45. The van der Waals surface area contributed by atoms with E-state index in [1.807, 2.05) is 0 Å². The van der Waals surface area contributed by atoms with Crippen molar-refractivity contribution in [3.05, 3.63) is 5.56 Å². The van der Waals surface area contributed by atoms with Crippen LogP contribution in [0.4, 0.5) is 10.8 Å². The Morgan fingerprint density at radius 3 is 2.76 bits per heavy atom. The topological polar surface area (TPSA) is 83.3 Å². The number of carbonyl (C=O) groups is 1. The molecule has 0 aliphatic heterocycles. The number of aromatic nitrogens is 1. The highest BCUT2D eigenvalue weighted by atomic mass is 32.1. The summed E-state index contributed by atoms with van der Waals surface area (Å²) in [6.07, 6.45) is 3.16. The lowest BCUT2D eigenvalue weighted by Gasteiger charge is -2.17. The van der Waals surface area contributed by atoms with Crippen molar-refractivity contribution in [1.82, 2.24) is 14.6 Å². The van der Waals surface area contributed by atoms with E-state index in [9.17, 15) is 4.79 Å². The van der Waals surface area contributed by atoms with Crippen LogP contribution >= 0.6 is 11.5 Å². The second-order valence-electron chi connectivity index (χ2n) is 5.33. The summed E-state index contributed by atoms with van der Waals surface area (Å²) < 4.78 is 4.10. The van der Waals surface area contributed by atoms with Gasteiger partial charge in [0.2, 0.25) is 0 Å². The molecule has 0 aromatic carbocycles. The summed E-state index contributed by atoms with van der Waals surface area (Å²) in [5.41, 5.74) is 6.33. The molecule has 118 valence electrons. The summed E-state index contributed by atoms with van der Waals surface area (Å²) in [5, 5.41) is 7.05. The van der Waals surface area contributed by atoms with E-state index in [0.717, 1.165) is 50.4 Å². The summed E-state index contributed by atoms with van der Waals surface area (Å²) in [6.45, 7) is 8.35. The summed E-state index contributed by atoms with van der Waals surface area (Å²) >= 11 is 1.26. The van der Waals surface area contributed by atoms with Crippen LogP contribution in [0.3, 0.4) is 0 Å². The van der Waals surface area contributed by atoms with E-state index in [2.05, 4.69) is 33.8 Å². The fourth-order valence-electron chi connectivity index (χ4n) is 2.17. The molecule has 1 aromatic heterocycles. The summed E-state index contributed by atoms with van der Waals surface area (Å²) in [6, 6.07) is 0.326. The van der Waals surface area contributed by atoms with Gasteiger partial charge in [-0.1, -0.05) is 13.8 Å². The van der Waals surface area contributed by atoms with Crippen LogP contribution in [-0.4, -0.2) is 47.4 Å². The van der Waals surface area contributed by atoms with E-state index in [1.165, 1.54) is 11.5 Å². The van der Waals surface area contributed by atoms with Crippen LogP contribution in [0.25, 0.3) is 0 Å². The second kappa shape index (κ2) is 7.61. The highest BCUT2D eigenvalue weighted by Crippen LogP contribution is 2.28. The van der Waals surface area contributed by atoms with Crippen molar-refractivity contribution >= 4 is 28.3 Å². The third-order valence-corrected chi connectivity index (χ3v) is 4.51. The molecule has 1 heterocycles. The minimum atomic E-state index is -0.102. The van der Waals surface area contributed by atoms with Gasteiger partial charge in [-0.15, -0.1) is 0 Å². The molecule has 0 saturated heterocycles. The molecule has 7 heteroatoms. The van der Waals surface area contributed by atoms with E-state index in [0.29, 0.717) is 17.4 Å². The Bertz CT molecular complexity index is 468. The van der Waals surface area contributed by atoms with Crippen molar-refractivity contribution in [3.63, 3.8) is 0 Å². The lowest BCUT2D eigenvalue weighted by molar-refractivity contribution is 0.0953. The number of nitrogens with two attached hydrogens (primary N) is 1. The predicted molar refractivity (Wildman–Crippen MR) is 87.9 cm³/mol. The zero-order valence-corrected chi connectivity index (χ0v) is 13.6. The third-order valence-electron chi connectivity index (χ3n) is 3.69. The van der Waals surface area contributed by atoms with Crippen molar-refractivity contribution in [2.75, 3.05) is 37.2 Å². The zero-order chi connectivity index (χ0) is 15.2. The Labute approximate surface area is 130 Å². The van der Waals surface area contributed by atoms with Gasteiger partial charge < -0.3 is 21.3 Å². The van der Waals surface area contributed by atoms with Gasteiger partial charge in [-0.25, -0.2) is 0 Å². The smallest absolute Gasteiger partial charge is 0.258 e. The molecular weight excluding hydrogens is 286 g/mol. The van der Waals surface area contributed by atoms with E-state index < -0.39 is 0 Å². The third kappa shape index (κ3) is 4.57. The van der Waals surface area contributed by atoms with Gasteiger partial charge in [-0.05, 0) is 50.4 Å². The molecule has 1 aliphatic rings. The number of carbonyl (C=O) groups excluding carboxylic acids is 1. The van der Waals surface area contributed by atoms with E-state index >= 15 is 0 Å². The minimum Gasteiger partial charge on any atom is -0.382 e. The maximum atomic E-state index is 12.2. The van der Waals surface area contributed by atoms with Crippen LogP contribution in [0, 0.1) is 0 Å². The van der Waals surface area contributed by atoms with Crippen molar-refractivity contribution in [3.8, 4) is 0 Å². The number of hydrogen-bond acceptors (Lipinski definition) is 6. The van der Waals surface area contributed by atoms with Crippen LogP contribution in [-0.2, 0) is 0 Å². The number of rotatable bonds is 9. The van der Waals surface area contributed by atoms with Gasteiger partial charge in [0.15, 0.2) is 5.82 Å². The van der Waals surface area contributed by atoms with Gasteiger partial charge >= 0.3 is 0 Å². The zero-order valence-electron chi connectivity index (χ0n) is 12.8. The molecule has 0 radical (unpaired) electrons. The number of nitrogens with zero attached hydrogens (tertiary/aromatic N) is 2. The minimum absolute atomic E-state index is 0.102. The normalized spacial score (nSPS) is 14.4. The molecular formula is C14H25N5OS. The molecule has 2 rings (SSSR count). The molecule has 1 aromatic rings. The van der Waals surface area contributed by atoms with E-state index in [1.54, 1.807) is 0 Å². The monoisotopic (exact) mass is 311 g/mol. The average molecular weight is 311 g/mol. The van der Waals surface area contributed by atoms with Gasteiger partial charge in [0.1, 0.15) is 10.6 Å². The number of nitrogens with one attached hydrogen (secondary N) is 2. The van der Waals surface area contributed by atoms with Crippen molar-refractivity contribution < 1.29 is 4.79 Å². The van der Waals surface area contributed by atoms with Gasteiger partial charge in [-0.3, -0.25) is 4.79 Å². The molecule has 1 aliphatic carbocycles. The van der Waals surface area contributed by atoms with Gasteiger partial charge in [0, 0.05) is 12.6 Å².